The number of aryl methyl sites for hydroxylation is 2. The summed E-state index contributed by atoms with van der Waals surface area (Å²) in [5.74, 6) is 2.10. The van der Waals surface area contributed by atoms with Gasteiger partial charge in [0.15, 0.2) is 0 Å². The molecule has 0 saturated carbocycles. The molecule has 0 amide bonds. The Kier molecular flexibility index (Phi) is 7.46. The average Bonchev–Trinajstić information content (AvgIpc) is 2.39. The van der Waals surface area contributed by atoms with E-state index in [0.717, 1.165) is 24.5 Å². The van der Waals surface area contributed by atoms with Crippen molar-refractivity contribution in [2.45, 2.75) is 52.3 Å². The van der Waals surface area contributed by atoms with Crippen LogP contribution in [-0.2, 0) is 0 Å². The normalized spacial score (nSPS) is 12.8. The zero-order valence-corrected chi connectivity index (χ0v) is 14.6. The minimum Gasteiger partial charge on any atom is -0.496 e. The van der Waals surface area contributed by atoms with Crippen LogP contribution in [0.2, 0.25) is 0 Å². The van der Waals surface area contributed by atoms with E-state index in [1.807, 2.05) is 11.8 Å². The topological polar surface area (TPSA) is 21.3 Å². The molecule has 114 valence electrons. The molecular formula is C17H29NOS. The Morgan fingerprint density at radius 1 is 1.25 bits per heavy atom. The zero-order valence-electron chi connectivity index (χ0n) is 13.7. The van der Waals surface area contributed by atoms with E-state index in [1.165, 1.54) is 16.7 Å². The Morgan fingerprint density at radius 3 is 2.50 bits per heavy atom. The third kappa shape index (κ3) is 5.02. The van der Waals surface area contributed by atoms with E-state index in [9.17, 15) is 0 Å². The van der Waals surface area contributed by atoms with Crippen LogP contribution in [0.4, 0.5) is 0 Å². The van der Waals surface area contributed by atoms with Crippen molar-refractivity contribution in [1.82, 2.24) is 5.32 Å². The van der Waals surface area contributed by atoms with Crippen LogP contribution in [0.15, 0.2) is 12.1 Å². The maximum absolute atomic E-state index is 5.63. The number of nitrogens with one attached hydrogen (secondary N) is 1. The molecule has 0 radical (unpaired) electrons. The second kappa shape index (κ2) is 8.58. The number of benzene rings is 1. The van der Waals surface area contributed by atoms with E-state index in [0.29, 0.717) is 11.3 Å². The third-order valence-corrected chi connectivity index (χ3v) is 4.49. The number of ether oxygens (including phenoxy) is 1. The highest BCUT2D eigenvalue weighted by atomic mass is 32.2. The molecule has 20 heavy (non-hydrogen) atoms. The Bertz CT molecular complexity index is 418. The minimum absolute atomic E-state index is 0.359. The molecule has 0 heterocycles. The predicted octanol–water partition coefficient (Wildman–Crippen LogP) is 4.49. The van der Waals surface area contributed by atoms with Gasteiger partial charge in [-0.3, -0.25) is 0 Å². The molecule has 0 spiro atoms. The van der Waals surface area contributed by atoms with E-state index in [2.05, 4.69) is 52.1 Å². The van der Waals surface area contributed by atoms with Crippen LogP contribution < -0.4 is 10.1 Å². The van der Waals surface area contributed by atoms with Gasteiger partial charge in [0.1, 0.15) is 5.75 Å². The van der Waals surface area contributed by atoms with E-state index in [1.54, 1.807) is 7.11 Å². The van der Waals surface area contributed by atoms with Gasteiger partial charge in [0.25, 0.3) is 0 Å². The van der Waals surface area contributed by atoms with E-state index in [4.69, 9.17) is 4.74 Å². The second-order valence-electron chi connectivity index (χ2n) is 5.59. The molecule has 1 unspecified atom stereocenters. The molecule has 0 aliphatic heterocycles. The molecular weight excluding hydrogens is 266 g/mol. The van der Waals surface area contributed by atoms with Crippen molar-refractivity contribution in [3.8, 4) is 5.75 Å². The predicted molar refractivity (Wildman–Crippen MR) is 91.1 cm³/mol. The summed E-state index contributed by atoms with van der Waals surface area (Å²) in [4.78, 5) is 0. The van der Waals surface area contributed by atoms with Gasteiger partial charge in [0, 0.05) is 17.4 Å². The summed E-state index contributed by atoms with van der Waals surface area (Å²) < 4.78 is 5.63. The molecule has 1 aromatic carbocycles. The van der Waals surface area contributed by atoms with Crippen LogP contribution in [0.5, 0.6) is 5.75 Å². The summed E-state index contributed by atoms with van der Waals surface area (Å²) in [7, 11) is 1.77. The maximum atomic E-state index is 5.63. The summed E-state index contributed by atoms with van der Waals surface area (Å²) in [6.45, 7) is 12.1. The van der Waals surface area contributed by atoms with Gasteiger partial charge in [-0.2, -0.15) is 11.8 Å². The van der Waals surface area contributed by atoms with Crippen molar-refractivity contribution in [3.63, 3.8) is 0 Å². The van der Waals surface area contributed by atoms with Crippen molar-refractivity contribution < 1.29 is 4.74 Å². The van der Waals surface area contributed by atoms with Gasteiger partial charge in [0.05, 0.1) is 7.11 Å². The second-order valence-corrected chi connectivity index (χ2v) is 7.20. The maximum Gasteiger partial charge on any atom is 0.124 e. The first-order chi connectivity index (χ1) is 9.49. The molecule has 0 fully saturated rings. The molecule has 0 aliphatic rings. The fourth-order valence-electron chi connectivity index (χ4n) is 2.41. The van der Waals surface area contributed by atoms with Crippen molar-refractivity contribution in [3.05, 3.63) is 28.8 Å². The van der Waals surface area contributed by atoms with E-state index >= 15 is 0 Å². The van der Waals surface area contributed by atoms with Gasteiger partial charge in [-0.25, -0.2) is 0 Å². The van der Waals surface area contributed by atoms with Crippen molar-refractivity contribution in [2.75, 3.05) is 19.4 Å². The fourth-order valence-corrected chi connectivity index (χ4v) is 3.27. The van der Waals surface area contributed by atoms with Crippen LogP contribution in [-0.4, -0.2) is 24.7 Å². The largest absolute Gasteiger partial charge is 0.496 e. The lowest BCUT2D eigenvalue weighted by atomic mass is 9.98. The minimum atomic E-state index is 0.359. The van der Waals surface area contributed by atoms with Crippen LogP contribution in [0, 0.1) is 13.8 Å². The van der Waals surface area contributed by atoms with Crippen LogP contribution in [0.25, 0.3) is 0 Å². The first kappa shape index (κ1) is 17.4. The average molecular weight is 295 g/mol. The first-order valence-electron chi connectivity index (χ1n) is 7.49. The van der Waals surface area contributed by atoms with Crippen LogP contribution >= 0.6 is 11.8 Å². The third-order valence-electron chi connectivity index (χ3n) is 3.30. The molecule has 0 aliphatic carbocycles. The molecule has 0 saturated heterocycles. The molecule has 2 nitrogen and oxygen atoms in total. The highest BCUT2D eigenvalue weighted by Gasteiger charge is 2.19. The summed E-state index contributed by atoms with van der Waals surface area (Å²) >= 11 is 2.00. The summed E-state index contributed by atoms with van der Waals surface area (Å²) in [5, 5.41) is 4.33. The zero-order chi connectivity index (χ0) is 15.1. The number of rotatable bonds is 8. The number of thioether (sulfide) groups is 1. The lowest BCUT2D eigenvalue weighted by Crippen LogP contribution is -2.26. The molecule has 3 heteroatoms. The number of hydrogen-bond donors (Lipinski definition) is 1. The number of hydrogen-bond acceptors (Lipinski definition) is 3. The highest BCUT2D eigenvalue weighted by molar-refractivity contribution is 7.99. The molecule has 0 bridgehead atoms. The van der Waals surface area contributed by atoms with Crippen molar-refractivity contribution >= 4 is 11.8 Å². The molecule has 0 aromatic heterocycles. The monoisotopic (exact) mass is 295 g/mol. The summed E-state index contributed by atoms with van der Waals surface area (Å²) in [6, 6.07) is 4.75. The van der Waals surface area contributed by atoms with Gasteiger partial charge >= 0.3 is 0 Å². The van der Waals surface area contributed by atoms with Gasteiger partial charge in [-0.15, -0.1) is 0 Å². The molecule has 1 N–H and O–H groups in total. The van der Waals surface area contributed by atoms with E-state index in [-0.39, 0.29) is 0 Å². The summed E-state index contributed by atoms with van der Waals surface area (Å²) in [6.07, 6.45) is 1.15. The lowest BCUT2D eigenvalue weighted by molar-refractivity contribution is 0.401. The quantitative estimate of drug-likeness (QED) is 0.763. The lowest BCUT2D eigenvalue weighted by Gasteiger charge is -2.24. The van der Waals surface area contributed by atoms with Crippen molar-refractivity contribution in [1.29, 1.82) is 0 Å². The standard InChI is InChI=1S/C17H29NOS/c1-7-8-18-15(11-20-12(2)3)17-14(5)9-13(4)10-16(17)19-6/h9-10,12,15,18H,7-8,11H2,1-6H3. The van der Waals surface area contributed by atoms with Gasteiger partial charge < -0.3 is 10.1 Å². The Morgan fingerprint density at radius 2 is 1.95 bits per heavy atom. The smallest absolute Gasteiger partial charge is 0.124 e. The SMILES string of the molecule is CCCNC(CSC(C)C)c1c(C)cc(C)cc1OC. The molecule has 1 atom stereocenters. The number of methoxy groups -OCH3 is 1. The molecule has 1 aromatic rings. The van der Waals surface area contributed by atoms with Gasteiger partial charge in [-0.05, 0) is 49.3 Å². The molecule has 1 rings (SSSR count). The van der Waals surface area contributed by atoms with Gasteiger partial charge in [-0.1, -0.05) is 26.8 Å². The first-order valence-corrected chi connectivity index (χ1v) is 8.54. The summed E-state index contributed by atoms with van der Waals surface area (Å²) in [5.41, 5.74) is 3.90. The van der Waals surface area contributed by atoms with E-state index < -0.39 is 0 Å². The van der Waals surface area contributed by atoms with Crippen LogP contribution in [0.3, 0.4) is 0 Å². The Labute approximate surface area is 128 Å². The van der Waals surface area contributed by atoms with Crippen molar-refractivity contribution in [2.24, 2.45) is 0 Å². The Balaban J connectivity index is 3.04. The fraction of sp³-hybridized carbons (Fsp3) is 0.647. The van der Waals surface area contributed by atoms with Gasteiger partial charge in [0.2, 0.25) is 0 Å². The van der Waals surface area contributed by atoms with Crippen LogP contribution in [0.1, 0.15) is 49.9 Å². The highest BCUT2D eigenvalue weighted by Crippen LogP contribution is 2.32. The Hall–Kier alpha value is -0.670.